The fraction of sp³-hybridized carbons (Fsp3) is 0.529. The van der Waals surface area contributed by atoms with E-state index in [1.807, 2.05) is 18.2 Å². The number of ether oxygens (including phenoxy) is 2. The van der Waals surface area contributed by atoms with Crippen LogP contribution in [0.5, 0.6) is 5.75 Å². The largest absolute Gasteiger partial charge is 0.493 e. The maximum atomic E-state index is 5.82. The first-order chi connectivity index (χ1) is 9.30. The second-order valence-electron chi connectivity index (χ2n) is 4.75. The minimum Gasteiger partial charge on any atom is -0.493 e. The van der Waals surface area contributed by atoms with Crippen molar-refractivity contribution in [2.45, 2.75) is 32.6 Å². The number of benzene rings is 1. The third-order valence-electron chi connectivity index (χ3n) is 3.16. The van der Waals surface area contributed by atoms with E-state index in [-0.39, 0.29) is 0 Å². The maximum absolute atomic E-state index is 5.82. The molecule has 2 radical (unpaired) electrons. The normalized spacial score (nSPS) is 12.1. The lowest BCUT2D eigenvalue weighted by atomic mass is 10.00. The van der Waals surface area contributed by atoms with Crippen molar-refractivity contribution >= 4 is 6.08 Å². The fourth-order valence-electron chi connectivity index (χ4n) is 1.94. The molecule has 1 rings (SSSR count). The Bertz CT molecular complexity index is 352. The van der Waals surface area contributed by atoms with E-state index >= 15 is 0 Å². The molecule has 0 spiro atoms. The zero-order valence-electron chi connectivity index (χ0n) is 12.0. The molecule has 0 saturated carbocycles. The second kappa shape index (κ2) is 9.62. The maximum Gasteiger partial charge on any atom is 0.127 e. The first-order valence-electron chi connectivity index (χ1n) is 6.98. The number of hydrogen-bond donors (Lipinski definition) is 0. The Morgan fingerprint density at radius 2 is 2.26 bits per heavy atom. The van der Waals surface area contributed by atoms with Crippen LogP contribution in [0.15, 0.2) is 18.2 Å². The smallest absolute Gasteiger partial charge is 0.127 e. The summed E-state index contributed by atoms with van der Waals surface area (Å²) in [6.45, 7) is 9.21. The Labute approximate surface area is 117 Å². The van der Waals surface area contributed by atoms with Crippen molar-refractivity contribution in [3.05, 3.63) is 36.4 Å². The molecule has 0 saturated heterocycles. The molecule has 0 bridgehead atoms. The molecule has 1 aromatic rings. The SMILES string of the molecule is [CH]=Cc1cc[c]c(OCC(CCCC)CCOC)c1. The van der Waals surface area contributed by atoms with Gasteiger partial charge in [0.25, 0.3) is 0 Å². The molecule has 0 heterocycles. The average Bonchev–Trinajstić information content (AvgIpc) is 2.46. The Morgan fingerprint density at radius 3 is 2.95 bits per heavy atom. The summed E-state index contributed by atoms with van der Waals surface area (Å²) in [5.41, 5.74) is 0.954. The van der Waals surface area contributed by atoms with Crippen LogP contribution in [-0.2, 0) is 4.74 Å². The molecule has 0 aliphatic rings. The van der Waals surface area contributed by atoms with Gasteiger partial charge in [0.05, 0.1) is 6.61 Å². The molecule has 0 fully saturated rings. The second-order valence-corrected chi connectivity index (χ2v) is 4.75. The quantitative estimate of drug-likeness (QED) is 0.629. The summed E-state index contributed by atoms with van der Waals surface area (Å²) in [5, 5.41) is 0. The Balaban J connectivity index is 2.46. The summed E-state index contributed by atoms with van der Waals surface area (Å²) < 4.78 is 11.0. The molecule has 104 valence electrons. The van der Waals surface area contributed by atoms with Gasteiger partial charge in [-0.05, 0) is 36.5 Å². The highest BCUT2D eigenvalue weighted by molar-refractivity contribution is 5.48. The van der Waals surface area contributed by atoms with Crippen molar-refractivity contribution in [1.29, 1.82) is 0 Å². The van der Waals surface area contributed by atoms with Crippen molar-refractivity contribution in [1.82, 2.24) is 0 Å². The van der Waals surface area contributed by atoms with Crippen LogP contribution in [0.25, 0.3) is 6.08 Å². The molecule has 0 N–H and O–H groups in total. The molecule has 1 atom stereocenters. The van der Waals surface area contributed by atoms with Gasteiger partial charge in [0, 0.05) is 19.8 Å². The third-order valence-corrected chi connectivity index (χ3v) is 3.16. The van der Waals surface area contributed by atoms with Crippen LogP contribution in [0.2, 0.25) is 0 Å². The molecule has 0 aromatic heterocycles. The zero-order chi connectivity index (χ0) is 13.9. The highest BCUT2D eigenvalue weighted by Crippen LogP contribution is 2.18. The van der Waals surface area contributed by atoms with Gasteiger partial charge in [-0.15, -0.1) is 0 Å². The van der Waals surface area contributed by atoms with E-state index in [1.165, 1.54) is 19.3 Å². The van der Waals surface area contributed by atoms with Crippen molar-refractivity contribution in [3.8, 4) is 5.75 Å². The standard InChI is InChI=1S/C17H24O2/c1-4-6-8-16(11-12-18-3)14-19-17-10-7-9-15(5-2)13-17/h2,5,7,9,13,16H,4,6,8,11-12,14H2,1,3H3. The van der Waals surface area contributed by atoms with Gasteiger partial charge in [-0.2, -0.15) is 0 Å². The molecule has 1 unspecified atom stereocenters. The Morgan fingerprint density at radius 1 is 1.42 bits per heavy atom. The predicted octanol–water partition coefficient (Wildman–Crippen LogP) is 4.15. The lowest BCUT2D eigenvalue weighted by Crippen LogP contribution is -2.14. The first kappa shape index (κ1) is 15.8. The molecule has 0 aliphatic heterocycles. The highest BCUT2D eigenvalue weighted by atomic mass is 16.5. The Hall–Kier alpha value is -1.28. The summed E-state index contributed by atoms with van der Waals surface area (Å²) >= 11 is 0. The van der Waals surface area contributed by atoms with E-state index in [2.05, 4.69) is 13.0 Å². The number of rotatable bonds is 10. The molecule has 0 aliphatic carbocycles. The molecule has 19 heavy (non-hydrogen) atoms. The van der Waals surface area contributed by atoms with Gasteiger partial charge < -0.3 is 9.47 Å². The summed E-state index contributed by atoms with van der Waals surface area (Å²) in [5.74, 6) is 1.30. The topological polar surface area (TPSA) is 18.5 Å². The van der Waals surface area contributed by atoms with Gasteiger partial charge in [-0.25, -0.2) is 0 Å². The van der Waals surface area contributed by atoms with Crippen molar-refractivity contribution in [2.24, 2.45) is 5.92 Å². The zero-order valence-corrected chi connectivity index (χ0v) is 12.0. The van der Waals surface area contributed by atoms with Crippen molar-refractivity contribution < 1.29 is 9.47 Å². The molecule has 0 amide bonds. The molecular formula is C17H24O2. The molecular weight excluding hydrogens is 236 g/mol. The van der Waals surface area contributed by atoms with Gasteiger partial charge in [-0.3, -0.25) is 0 Å². The number of hydrogen-bond acceptors (Lipinski definition) is 2. The fourth-order valence-corrected chi connectivity index (χ4v) is 1.94. The van der Waals surface area contributed by atoms with Crippen LogP contribution in [-0.4, -0.2) is 20.3 Å². The minimum atomic E-state index is 0.541. The van der Waals surface area contributed by atoms with E-state index in [9.17, 15) is 0 Å². The van der Waals surface area contributed by atoms with Crippen LogP contribution in [0.3, 0.4) is 0 Å². The minimum absolute atomic E-state index is 0.541. The van der Waals surface area contributed by atoms with Gasteiger partial charge in [0.15, 0.2) is 0 Å². The van der Waals surface area contributed by atoms with Crippen LogP contribution in [0.4, 0.5) is 0 Å². The van der Waals surface area contributed by atoms with Crippen LogP contribution in [0, 0.1) is 18.6 Å². The van der Waals surface area contributed by atoms with E-state index in [1.54, 1.807) is 13.2 Å². The van der Waals surface area contributed by atoms with Crippen LogP contribution in [0.1, 0.15) is 38.2 Å². The van der Waals surface area contributed by atoms with E-state index in [0.717, 1.165) is 24.3 Å². The lowest BCUT2D eigenvalue weighted by Gasteiger charge is -2.17. The summed E-state index contributed by atoms with van der Waals surface area (Å²) in [7, 11) is 1.74. The number of unbranched alkanes of at least 4 members (excludes halogenated alkanes) is 1. The summed E-state index contributed by atoms with van der Waals surface area (Å²) in [4.78, 5) is 0. The predicted molar refractivity (Wildman–Crippen MR) is 79.0 cm³/mol. The van der Waals surface area contributed by atoms with Crippen LogP contribution < -0.4 is 4.74 Å². The molecule has 2 nitrogen and oxygen atoms in total. The average molecular weight is 260 g/mol. The van der Waals surface area contributed by atoms with E-state index in [4.69, 9.17) is 16.1 Å². The highest BCUT2D eigenvalue weighted by Gasteiger charge is 2.09. The molecule has 2 heteroatoms. The molecule has 1 aromatic carbocycles. The third kappa shape index (κ3) is 6.44. The monoisotopic (exact) mass is 260 g/mol. The van der Waals surface area contributed by atoms with Gasteiger partial charge in [-0.1, -0.05) is 38.5 Å². The Kier molecular flexibility index (Phi) is 7.99. The van der Waals surface area contributed by atoms with Gasteiger partial charge in [0.1, 0.15) is 5.75 Å². The van der Waals surface area contributed by atoms with Gasteiger partial charge >= 0.3 is 0 Å². The first-order valence-corrected chi connectivity index (χ1v) is 6.98. The van der Waals surface area contributed by atoms with Crippen molar-refractivity contribution in [3.63, 3.8) is 0 Å². The van der Waals surface area contributed by atoms with E-state index < -0.39 is 0 Å². The number of methoxy groups -OCH3 is 1. The summed E-state index contributed by atoms with van der Waals surface area (Å²) in [6.07, 6.45) is 6.24. The van der Waals surface area contributed by atoms with Crippen molar-refractivity contribution in [2.75, 3.05) is 20.3 Å². The lowest BCUT2D eigenvalue weighted by molar-refractivity contribution is 0.150. The van der Waals surface area contributed by atoms with Crippen LogP contribution >= 0.6 is 0 Å². The van der Waals surface area contributed by atoms with E-state index in [0.29, 0.717) is 12.5 Å². The van der Waals surface area contributed by atoms with Gasteiger partial charge in [0.2, 0.25) is 0 Å². The summed E-state index contributed by atoms with van der Waals surface area (Å²) in [6, 6.07) is 8.74.